The highest BCUT2D eigenvalue weighted by molar-refractivity contribution is 8.14. The van der Waals surface area contributed by atoms with E-state index in [4.69, 9.17) is 0 Å². The van der Waals surface area contributed by atoms with Gasteiger partial charge in [0.25, 0.3) is 0 Å². The third-order valence-corrected chi connectivity index (χ3v) is 4.55. The fourth-order valence-electron chi connectivity index (χ4n) is 2.39. The topological polar surface area (TPSA) is 124 Å². The van der Waals surface area contributed by atoms with Crippen LogP contribution < -0.4 is 26.8 Å². The van der Waals surface area contributed by atoms with Crippen LogP contribution in [0, 0.1) is 5.92 Å². The molecule has 25 heavy (non-hydrogen) atoms. The number of thioether (sulfide) groups is 1. The van der Waals surface area contributed by atoms with Crippen LogP contribution in [0.1, 0.15) is 5.56 Å². The van der Waals surface area contributed by atoms with Crippen molar-refractivity contribution < 1.29 is 14.4 Å². The molecular weight excluding hydrogens is 344 g/mol. The molecule has 2 aliphatic rings. The highest BCUT2D eigenvalue weighted by Gasteiger charge is 2.36. The molecule has 2 atom stereocenters. The van der Waals surface area contributed by atoms with Crippen molar-refractivity contribution in [1.29, 1.82) is 0 Å². The van der Waals surface area contributed by atoms with Gasteiger partial charge in [-0.2, -0.15) is 0 Å². The van der Waals surface area contributed by atoms with Gasteiger partial charge in [-0.05, 0) is 5.56 Å². The van der Waals surface area contributed by atoms with Gasteiger partial charge < -0.3 is 10.6 Å². The third-order valence-electron chi connectivity index (χ3n) is 3.67. The molecule has 2 aliphatic heterocycles. The van der Waals surface area contributed by atoms with Gasteiger partial charge in [0, 0.05) is 13.1 Å². The highest BCUT2D eigenvalue weighted by atomic mass is 32.2. The number of amides is 4. The van der Waals surface area contributed by atoms with E-state index in [1.54, 1.807) is 0 Å². The number of hydrazine groups is 1. The lowest BCUT2D eigenvalue weighted by atomic mass is 10.1. The van der Waals surface area contributed by atoms with E-state index in [1.165, 1.54) is 0 Å². The predicted octanol–water partition coefficient (Wildman–Crippen LogP) is -0.718. The molecule has 2 heterocycles. The molecule has 1 fully saturated rings. The Morgan fingerprint density at radius 2 is 2.08 bits per heavy atom. The van der Waals surface area contributed by atoms with Gasteiger partial charge >= 0.3 is 6.03 Å². The Balaban J connectivity index is 1.40. The van der Waals surface area contributed by atoms with Crippen LogP contribution in [0.25, 0.3) is 0 Å². The van der Waals surface area contributed by atoms with Gasteiger partial charge in [0.05, 0.1) is 11.7 Å². The molecule has 5 N–H and O–H groups in total. The first-order valence-corrected chi connectivity index (χ1v) is 8.72. The summed E-state index contributed by atoms with van der Waals surface area (Å²) in [5.74, 6) is -0.877. The first-order valence-electron chi connectivity index (χ1n) is 7.73. The Hall–Kier alpha value is -2.43. The SMILES string of the molecule is O=C(CSC1=NC2NNCC2C(=O)N1)NC(=O)NCc1ccccc1. The molecule has 0 aliphatic carbocycles. The summed E-state index contributed by atoms with van der Waals surface area (Å²) in [6.45, 7) is 0.845. The molecule has 9 nitrogen and oxygen atoms in total. The Kier molecular flexibility index (Phi) is 5.64. The molecule has 0 bridgehead atoms. The first-order chi connectivity index (χ1) is 12.1. The summed E-state index contributed by atoms with van der Waals surface area (Å²) in [5.41, 5.74) is 6.71. The summed E-state index contributed by atoms with van der Waals surface area (Å²) in [4.78, 5) is 39.7. The van der Waals surface area contributed by atoms with Gasteiger partial charge in [-0.15, -0.1) is 0 Å². The Morgan fingerprint density at radius 1 is 1.28 bits per heavy atom. The zero-order valence-corrected chi connectivity index (χ0v) is 14.1. The summed E-state index contributed by atoms with van der Waals surface area (Å²) in [6.07, 6.45) is -0.325. The van der Waals surface area contributed by atoms with E-state index in [2.05, 4.69) is 31.8 Å². The van der Waals surface area contributed by atoms with E-state index >= 15 is 0 Å². The number of aliphatic imine (C=N–C) groups is 1. The van der Waals surface area contributed by atoms with Crippen LogP contribution in [0.4, 0.5) is 4.79 Å². The van der Waals surface area contributed by atoms with Crippen molar-refractivity contribution in [2.75, 3.05) is 12.3 Å². The molecule has 1 aromatic carbocycles. The van der Waals surface area contributed by atoms with Crippen LogP contribution >= 0.6 is 11.8 Å². The fourth-order valence-corrected chi connectivity index (χ4v) is 3.09. The van der Waals surface area contributed by atoms with E-state index in [9.17, 15) is 14.4 Å². The number of nitrogens with one attached hydrogen (secondary N) is 5. The maximum atomic E-state index is 11.9. The minimum Gasteiger partial charge on any atom is -0.334 e. The monoisotopic (exact) mass is 362 g/mol. The van der Waals surface area contributed by atoms with Gasteiger partial charge in [0.1, 0.15) is 6.17 Å². The number of hydrogen-bond acceptors (Lipinski definition) is 7. The molecule has 3 rings (SSSR count). The predicted molar refractivity (Wildman–Crippen MR) is 93.3 cm³/mol. The molecule has 2 unspecified atom stereocenters. The number of carbonyl (C=O) groups excluding carboxylic acids is 3. The van der Waals surface area contributed by atoms with Crippen LogP contribution in [0.3, 0.4) is 0 Å². The second-order valence-electron chi connectivity index (χ2n) is 5.51. The molecule has 132 valence electrons. The molecule has 0 radical (unpaired) electrons. The number of imide groups is 1. The number of rotatable bonds is 4. The molecule has 1 aromatic rings. The minimum absolute atomic E-state index is 0.0251. The maximum Gasteiger partial charge on any atom is 0.321 e. The lowest BCUT2D eigenvalue weighted by Crippen LogP contribution is -2.46. The zero-order chi connectivity index (χ0) is 17.6. The summed E-state index contributed by atoms with van der Waals surface area (Å²) >= 11 is 1.07. The first kappa shape index (κ1) is 17.4. The summed E-state index contributed by atoms with van der Waals surface area (Å²) in [5, 5.41) is 7.87. The minimum atomic E-state index is -0.564. The molecule has 0 saturated carbocycles. The maximum absolute atomic E-state index is 11.9. The molecule has 10 heteroatoms. The van der Waals surface area contributed by atoms with Crippen molar-refractivity contribution in [2.45, 2.75) is 12.7 Å². The molecule has 4 amide bonds. The van der Waals surface area contributed by atoms with Gasteiger partial charge in [-0.25, -0.2) is 15.2 Å². The largest absolute Gasteiger partial charge is 0.334 e. The quantitative estimate of drug-likeness (QED) is 0.482. The number of carbonyl (C=O) groups is 3. The Morgan fingerprint density at radius 3 is 2.88 bits per heavy atom. The highest BCUT2D eigenvalue weighted by Crippen LogP contribution is 2.17. The molecule has 1 saturated heterocycles. The number of nitrogens with zero attached hydrogens (tertiary/aromatic N) is 1. The normalized spacial score (nSPS) is 21.8. The van der Waals surface area contributed by atoms with Crippen molar-refractivity contribution in [1.82, 2.24) is 26.8 Å². The van der Waals surface area contributed by atoms with Crippen LogP contribution in [0.15, 0.2) is 35.3 Å². The van der Waals surface area contributed by atoms with Crippen molar-refractivity contribution >= 4 is 34.8 Å². The van der Waals surface area contributed by atoms with Gasteiger partial charge in [-0.3, -0.25) is 20.3 Å². The van der Waals surface area contributed by atoms with E-state index in [0.717, 1.165) is 17.3 Å². The smallest absolute Gasteiger partial charge is 0.321 e. The molecule has 0 spiro atoms. The fraction of sp³-hybridized carbons (Fsp3) is 0.333. The lowest BCUT2D eigenvalue weighted by molar-refractivity contribution is -0.123. The van der Waals surface area contributed by atoms with Crippen molar-refractivity contribution in [3.05, 3.63) is 35.9 Å². The van der Waals surface area contributed by atoms with Gasteiger partial charge in [0.2, 0.25) is 11.8 Å². The number of fused-ring (bicyclic) bond motifs is 1. The van der Waals surface area contributed by atoms with Crippen LogP contribution in [0.2, 0.25) is 0 Å². The Bertz CT molecular complexity index is 696. The average Bonchev–Trinajstić information content (AvgIpc) is 3.08. The van der Waals surface area contributed by atoms with Crippen LogP contribution in [-0.2, 0) is 16.1 Å². The second-order valence-corrected chi connectivity index (χ2v) is 6.47. The van der Waals surface area contributed by atoms with E-state index in [-0.39, 0.29) is 23.7 Å². The summed E-state index contributed by atoms with van der Waals surface area (Å²) < 4.78 is 0. The number of hydrogen-bond donors (Lipinski definition) is 5. The number of benzene rings is 1. The van der Waals surface area contributed by atoms with Crippen molar-refractivity contribution in [2.24, 2.45) is 10.9 Å². The van der Waals surface area contributed by atoms with Crippen LogP contribution in [0.5, 0.6) is 0 Å². The zero-order valence-electron chi connectivity index (χ0n) is 13.2. The Labute approximate surface area is 148 Å². The number of amidine groups is 1. The second kappa shape index (κ2) is 8.10. The summed E-state index contributed by atoms with van der Waals surface area (Å²) in [6, 6.07) is 8.81. The summed E-state index contributed by atoms with van der Waals surface area (Å²) in [7, 11) is 0. The standard InChI is InChI=1S/C15H18N6O3S/c22-11(18-14(24)16-6-9-4-2-1-3-5-9)8-25-15-19-12-10(7-17-21-12)13(23)20-15/h1-5,10,12,17,21H,6-8H2,(H,19,20,23)(H2,16,18,22,24). The van der Waals surface area contributed by atoms with Crippen molar-refractivity contribution in [3.63, 3.8) is 0 Å². The molecule has 0 aromatic heterocycles. The number of urea groups is 1. The molecular formula is C15H18N6O3S. The van der Waals surface area contributed by atoms with Gasteiger partial charge in [0.15, 0.2) is 5.17 Å². The van der Waals surface area contributed by atoms with E-state index in [1.807, 2.05) is 30.3 Å². The lowest BCUT2D eigenvalue weighted by Gasteiger charge is -2.21. The van der Waals surface area contributed by atoms with Crippen LogP contribution in [-0.4, -0.2) is 41.5 Å². The third kappa shape index (κ3) is 4.78. The average molecular weight is 362 g/mol. The van der Waals surface area contributed by atoms with E-state index < -0.39 is 11.9 Å². The van der Waals surface area contributed by atoms with Gasteiger partial charge in [-0.1, -0.05) is 42.1 Å². The van der Waals surface area contributed by atoms with Crippen molar-refractivity contribution in [3.8, 4) is 0 Å². The van der Waals surface area contributed by atoms with E-state index in [0.29, 0.717) is 18.3 Å².